The Hall–Kier alpha value is -0.160. The van der Waals surface area contributed by atoms with Crippen LogP contribution in [0.5, 0.6) is 0 Å². The first-order valence-corrected chi connectivity index (χ1v) is 9.34. The summed E-state index contributed by atoms with van der Waals surface area (Å²) in [5, 5.41) is 9.01. The van der Waals surface area contributed by atoms with Crippen molar-refractivity contribution in [1.29, 1.82) is 0 Å². The summed E-state index contributed by atoms with van der Waals surface area (Å²) in [6.07, 6.45) is 7.21. The molecule has 0 unspecified atom stereocenters. The third-order valence-electron chi connectivity index (χ3n) is 5.36. The number of aliphatic hydroxyl groups excluding tert-OH is 1. The molecule has 22 heavy (non-hydrogen) atoms. The first-order chi connectivity index (χ1) is 10.7. The van der Waals surface area contributed by atoms with Crippen LogP contribution < -0.4 is 0 Å². The van der Waals surface area contributed by atoms with E-state index in [1.54, 1.807) is 0 Å². The van der Waals surface area contributed by atoms with E-state index in [9.17, 15) is 0 Å². The summed E-state index contributed by atoms with van der Waals surface area (Å²) in [5.41, 5.74) is 0. The lowest BCUT2D eigenvalue weighted by Gasteiger charge is -2.36. The largest absolute Gasteiger partial charge is 0.395 e. The summed E-state index contributed by atoms with van der Waals surface area (Å²) in [5.74, 6) is 1.87. The second-order valence-electron chi connectivity index (χ2n) is 7.45. The summed E-state index contributed by atoms with van der Waals surface area (Å²) < 4.78 is 5.66. The van der Waals surface area contributed by atoms with Crippen LogP contribution in [-0.2, 0) is 4.74 Å². The van der Waals surface area contributed by atoms with E-state index >= 15 is 0 Å². The first kappa shape index (κ1) is 18.2. The van der Waals surface area contributed by atoms with Crippen molar-refractivity contribution in [2.75, 3.05) is 52.5 Å². The van der Waals surface area contributed by atoms with Gasteiger partial charge in [0.2, 0.25) is 0 Å². The summed E-state index contributed by atoms with van der Waals surface area (Å²) >= 11 is 0. The Bertz CT molecular complexity index is 283. The fraction of sp³-hybridized carbons (Fsp3) is 1.00. The van der Waals surface area contributed by atoms with Gasteiger partial charge in [-0.15, -0.1) is 0 Å². The quantitative estimate of drug-likeness (QED) is 0.745. The topological polar surface area (TPSA) is 35.9 Å². The summed E-state index contributed by atoms with van der Waals surface area (Å²) in [7, 11) is 0. The van der Waals surface area contributed by atoms with E-state index in [-0.39, 0.29) is 0 Å². The third-order valence-corrected chi connectivity index (χ3v) is 5.36. The molecule has 0 radical (unpaired) electrons. The van der Waals surface area contributed by atoms with E-state index in [1.165, 1.54) is 58.3 Å². The maximum atomic E-state index is 9.01. The van der Waals surface area contributed by atoms with Gasteiger partial charge in [0.25, 0.3) is 0 Å². The molecule has 0 aromatic heterocycles. The molecule has 2 aliphatic rings. The van der Waals surface area contributed by atoms with Crippen LogP contribution in [0.4, 0.5) is 0 Å². The van der Waals surface area contributed by atoms with Gasteiger partial charge in [0, 0.05) is 13.1 Å². The maximum absolute atomic E-state index is 9.01. The van der Waals surface area contributed by atoms with E-state index in [2.05, 4.69) is 23.6 Å². The van der Waals surface area contributed by atoms with Gasteiger partial charge in [-0.3, -0.25) is 0 Å². The molecule has 1 N–H and O–H groups in total. The SMILES string of the molecule is CC(C)OCCN1CCC(CC2CCN(CCO)CC2)CC1. The number of aliphatic hydroxyl groups is 1. The highest BCUT2D eigenvalue weighted by Gasteiger charge is 2.25. The molecule has 2 fully saturated rings. The molecular weight excluding hydrogens is 276 g/mol. The molecule has 4 heteroatoms. The van der Waals surface area contributed by atoms with Crippen LogP contribution in [0.25, 0.3) is 0 Å². The van der Waals surface area contributed by atoms with E-state index in [1.807, 2.05) is 0 Å². The lowest BCUT2D eigenvalue weighted by atomic mass is 9.83. The van der Waals surface area contributed by atoms with Gasteiger partial charge < -0.3 is 19.6 Å². The summed E-state index contributed by atoms with van der Waals surface area (Å²) in [4.78, 5) is 4.98. The Kier molecular flexibility index (Phi) is 8.15. The van der Waals surface area contributed by atoms with E-state index in [4.69, 9.17) is 9.84 Å². The first-order valence-electron chi connectivity index (χ1n) is 9.34. The summed E-state index contributed by atoms with van der Waals surface area (Å²) in [6.45, 7) is 12.3. The van der Waals surface area contributed by atoms with Gasteiger partial charge in [0.15, 0.2) is 0 Å². The van der Waals surface area contributed by atoms with Crippen molar-refractivity contribution in [3.8, 4) is 0 Å². The van der Waals surface area contributed by atoms with Crippen LogP contribution in [-0.4, -0.2) is 73.5 Å². The Labute approximate surface area is 136 Å². The van der Waals surface area contributed by atoms with Crippen molar-refractivity contribution in [2.45, 2.75) is 52.1 Å². The predicted octanol–water partition coefficient (Wildman–Crippen LogP) is 2.22. The Morgan fingerprint density at radius 3 is 1.86 bits per heavy atom. The molecule has 0 aliphatic carbocycles. The molecule has 2 heterocycles. The average Bonchev–Trinajstić information content (AvgIpc) is 2.51. The van der Waals surface area contributed by atoms with Gasteiger partial charge in [-0.1, -0.05) is 0 Å². The Morgan fingerprint density at radius 2 is 1.41 bits per heavy atom. The number of piperidine rings is 2. The van der Waals surface area contributed by atoms with Crippen molar-refractivity contribution in [2.24, 2.45) is 11.8 Å². The molecule has 2 saturated heterocycles. The van der Waals surface area contributed by atoms with Gasteiger partial charge in [-0.25, -0.2) is 0 Å². The van der Waals surface area contributed by atoms with Crippen LogP contribution >= 0.6 is 0 Å². The van der Waals surface area contributed by atoms with Crippen LogP contribution in [0.1, 0.15) is 46.0 Å². The molecule has 0 saturated carbocycles. The highest BCUT2D eigenvalue weighted by Crippen LogP contribution is 2.29. The van der Waals surface area contributed by atoms with Gasteiger partial charge >= 0.3 is 0 Å². The third kappa shape index (κ3) is 6.53. The van der Waals surface area contributed by atoms with Crippen molar-refractivity contribution in [3.05, 3.63) is 0 Å². The van der Waals surface area contributed by atoms with Crippen molar-refractivity contribution < 1.29 is 9.84 Å². The number of hydrogen-bond donors (Lipinski definition) is 1. The number of likely N-dealkylation sites (tertiary alicyclic amines) is 2. The zero-order valence-electron chi connectivity index (χ0n) is 14.7. The average molecular weight is 312 g/mol. The number of hydrogen-bond acceptors (Lipinski definition) is 4. The van der Waals surface area contributed by atoms with E-state index < -0.39 is 0 Å². The lowest BCUT2D eigenvalue weighted by molar-refractivity contribution is 0.0482. The zero-order valence-corrected chi connectivity index (χ0v) is 14.7. The van der Waals surface area contributed by atoms with Gasteiger partial charge in [0.1, 0.15) is 0 Å². The number of ether oxygens (including phenoxy) is 1. The highest BCUT2D eigenvalue weighted by molar-refractivity contribution is 4.78. The monoisotopic (exact) mass is 312 g/mol. The number of β-amino-alcohol motifs (C(OH)–C–C–N with tert-alkyl or cyclic N) is 1. The molecule has 0 atom stereocenters. The second kappa shape index (κ2) is 9.86. The molecule has 4 nitrogen and oxygen atoms in total. The van der Waals surface area contributed by atoms with Gasteiger partial charge in [-0.2, -0.15) is 0 Å². The fourth-order valence-electron chi connectivity index (χ4n) is 3.92. The van der Waals surface area contributed by atoms with Gasteiger partial charge in [-0.05, 0) is 84.0 Å². The number of nitrogens with zero attached hydrogens (tertiary/aromatic N) is 2. The zero-order chi connectivity index (χ0) is 15.8. The van der Waals surface area contributed by atoms with Crippen LogP contribution in [0.2, 0.25) is 0 Å². The maximum Gasteiger partial charge on any atom is 0.0596 e. The fourth-order valence-corrected chi connectivity index (χ4v) is 3.92. The van der Waals surface area contributed by atoms with Crippen molar-refractivity contribution in [1.82, 2.24) is 9.80 Å². The Balaban J connectivity index is 1.56. The Morgan fingerprint density at radius 1 is 0.909 bits per heavy atom. The molecule has 130 valence electrons. The van der Waals surface area contributed by atoms with Crippen molar-refractivity contribution in [3.63, 3.8) is 0 Å². The van der Waals surface area contributed by atoms with E-state index in [0.717, 1.165) is 31.5 Å². The van der Waals surface area contributed by atoms with Crippen LogP contribution in [0.15, 0.2) is 0 Å². The van der Waals surface area contributed by atoms with E-state index in [0.29, 0.717) is 12.7 Å². The van der Waals surface area contributed by atoms with Crippen LogP contribution in [0, 0.1) is 11.8 Å². The predicted molar refractivity (Wildman–Crippen MR) is 91.1 cm³/mol. The molecule has 2 aliphatic heterocycles. The standard InChI is InChI=1S/C18H36N2O2/c1-16(2)22-14-12-20-9-5-18(6-10-20)15-17-3-7-19(8-4-17)11-13-21/h16-18,21H,3-15H2,1-2H3. The molecule has 0 amide bonds. The second-order valence-corrected chi connectivity index (χ2v) is 7.45. The molecule has 0 spiro atoms. The van der Waals surface area contributed by atoms with Crippen LogP contribution in [0.3, 0.4) is 0 Å². The number of rotatable bonds is 8. The van der Waals surface area contributed by atoms with Gasteiger partial charge in [0.05, 0.1) is 19.3 Å². The minimum Gasteiger partial charge on any atom is -0.395 e. The summed E-state index contributed by atoms with van der Waals surface area (Å²) in [6, 6.07) is 0. The smallest absolute Gasteiger partial charge is 0.0596 e. The molecule has 2 rings (SSSR count). The molecule has 0 bridgehead atoms. The lowest BCUT2D eigenvalue weighted by Crippen LogP contribution is -2.38. The molecule has 0 aromatic rings. The minimum absolute atomic E-state index is 0.309. The minimum atomic E-state index is 0.309. The molecule has 0 aromatic carbocycles. The highest BCUT2D eigenvalue weighted by atomic mass is 16.5. The van der Waals surface area contributed by atoms with Crippen molar-refractivity contribution >= 4 is 0 Å². The molecular formula is C18H36N2O2. The normalized spacial score (nSPS) is 23.5.